The summed E-state index contributed by atoms with van der Waals surface area (Å²) in [5, 5.41) is 9.04. The molecule has 7 nitrogen and oxygen atoms in total. The van der Waals surface area contributed by atoms with E-state index in [1.165, 1.54) is 0 Å². The summed E-state index contributed by atoms with van der Waals surface area (Å²) in [6, 6.07) is 3.59. The molecule has 21 heavy (non-hydrogen) atoms. The van der Waals surface area contributed by atoms with Crippen molar-refractivity contribution in [3.63, 3.8) is 0 Å². The molecule has 3 heterocycles. The van der Waals surface area contributed by atoms with Crippen LogP contribution in [0.3, 0.4) is 0 Å². The van der Waals surface area contributed by atoms with E-state index in [1.807, 2.05) is 4.90 Å². The van der Waals surface area contributed by atoms with Gasteiger partial charge in [-0.15, -0.1) is 0 Å². The van der Waals surface area contributed by atoms with Gasteiger partial charge in [-0.3, -0.25) is 4.79 Å². The van der Waals surface area contributed by atoms with Crippen molar-refractivity contribution < 1.29 is 14.3 Å². The fourth-order valence-corrected chi connectivity index (χ4v) is 2.50. The van der Waals surface area contributed by atoms with Crippen LogP contribution in [0.15, 0.2) is 29.0 Å². The third kappa shape index (κ3) is 2.67. The van der Waals surface area contributed by atoms with Crippen molar-refractivity contribution in [2.45, 2.75) is 12.8 Å². The van der Waals surface area contributed by atoms with E-state index in [9.17, 15) is 4.79 Å². The fraction of sp³-hybridized carbons (Fsp3) is 0.357. The van der Waals surface area contributed by atoms with E-state index in [2.05, 4.69) is 9.97 Å². The van der Waals surface area contributed by atoms with Crippen LogP contribution < -0.4 is 10.6 Å². The average molecular weight is 288 g/mol. The Hall–Kier alpha value is -2.57. The van der Waals surface area contributed by atoms with Gasteiger partial charge in [0, 0.05) is 13.1 Å². The Morgan fingerprint density at radius 2 is 2.19 bits per heavy atom. The zero-order valence-electron chi connectivity index (χ0n) is 11.4. The number of anilines is 2. The second-order valence-electron chi connectivity index (χ2n) is 5.04. The highest BCUT2D eigenvalue weighted by molar-refractivity contribution is 5.71. The number of nitrogen functional groups attached to an aromatic ring is 1. The number of piperidine rings is 1. The van der Waals surface area contributed by atoms with Gasteiger partial charge in [0.05, 0.1) is 18.4 Å². The number of nitrogens with two attached hydrogens (primary N) is 1. The highest BCUT2D eigenvalue weighted by Gasteiger charge is 2.26. The van der Waals surface area contributed by atoms with Crippen LogP contribution in [0.4, 0.5) is 11.6 Å². The van der Waals surface area contributed by atoms with Crippen molar-refractivity contribution in [3.8, 4) is 11.5 Å². The summed E-state index contributed by atoms with van der Waals surface area (Å²) in [6.07, 6.45) is 4.32. The summed E-state index contributed by atoms with van der Waals surface area (Å²) in [7, 11) is 0. The number of aromatic nitrogens is 2. The summed E-state index contributed by atoms with van der Waals surface area (Å²) in [6.45, 7) is 1.22. The lowest BCUT2D eigenvalue weighted by Gasteiger charge is -2.31. The summed E-state index contributed by atoms with van der Waals surface area (Å²) in [5.74, 6) is 0.540. The molecule has 0 aromatic carbocycles. The van der Waals surface area contributed by atoms with Crippen LogP contribution in [-0.2, 0) is 4.79 Å². The van der Waals surface area contributed by atoms with Gasteiger partial charge in [0.25, 0.3) is 0 Å². The van der Waals surface area contributed by atoms with E-state index in [1.54, 1.807) is 24.6 Å². The Morgan fingerprint density at radius 1 is 1.43 bits per heavy atom. The first-order chi connectivity index (χ1) is 10.1. The minimum atomic E-state index is -0.738. The quantitative estimate of drug-likeness (QED) is 0.883. The Morgan fingerprint density at radius 3 is 2.81 bits per heavy atom. The number of carboxylic acids is 1. The van der Waals surface area contributed by atoms with Gasteiger partial charge in [0.15, 0.2) is 17.4 Å². The van der Waals surface area contributed by atoms with Crippen molar-refractivity contribution in [3.05, 3.63) is 24.6 Å². The molecule has 0 bridgehead atoms. The maximum atomic E-state index is 11.0. The third-order valence-corrected chi connectivity index (χ3v) is 3.70. The minimum Gasteiger partial charge on any atom is -0.481 e. The van der Waals surface area contributed by atoms with E-state index >= 15 is 0 Å². The molecule has 0 unspecified atom stereocenters. The molecular formula is C14H16N4O3. The molecule has 3 N–H and O–H groups in total. The summed E-state index contributed by atoms with van der Waals surface area (Å²) >= 11 is 0. The second kappa shape index (κ2) is 5.43. The van der Waals surface area contributed by atoms with Gasteiger partial charge < -0.3 is 20.2 Å². The van der Waals surface area contributed by atoms with Gasteiger partial charge in [0.2, 0.25) is 0 Å². The van der Waals surface area contributed by atoms with Crippen molar-refractivity contribution in [2.24, 2.45) is 5.92 Å². The number of carbonyl (C=O) groups is 1. The van der Waals surface area contributed by atoms with Crippen LogP contribution in [0.2, 0.25) is 0 Å². The predicted octanol–water partition coefficient (Wildman–Crippen LogP) is 1.62. The molecular weight excluding hydrogens is 272 g/mol. The minimum absolute atomic E-state index is 0.288. The Bertz CT molecular complexity index is 634. The zero-order valence-corrected chi connectivity index (χ0v) is 11.4. The summed E-state index contributed by atoms with van der Waals surface area (Å²) in [4.78, 5) is 21.6. The van der Waals surface area contributed by atoms with Gasteiger partial charge in [0.1, 0.15) is 5.69 Å². The first-order valence-electron chi connectivity index (χ1n) is 6.79. The normalized spacial score (nSPS) is 16.1. The van der Waals surface area contributed by atoms with Crippen LogP contribution in [0.25, 0.3) is 11.5 Å². The van der Waals surface area contributed by atoms with Crippen LogP contribution in [-0.4, -0.2) is 34.1 Å². The lowest BCUT2D eigenvalue weighted by atomic mass is 9.97. The largest absolute Gasteiger partial charge is 0.481 e. The number of carboxylic acid groups (broad SMARTS) is 1. The highest BCUT2D eigenvalue weighted by Crippen LogP contribution is 2.28. The number of rotatable bonds is 3. The number of hydrogen-bond donors (Lipinski definition) is 2. The molecule has 110 valence electrons. The first kappa shape index (κ1) is 13.4. The van der Waals surface area contributed by atoms with Crippen molar-refractivity contribution >= 4 is 17.6 Å². The number of aliphatic carboxylic acids is 1. The molecule has 1 aliphatic rings. The molecule has 0 aliphatic carbocycles. The van der Waals surface area contributed by atoms with Gasteiger partial charge >= 0.3 is 5.97 Å². The molecule has 1 fully saturated rings. The van der Waals surface area contributed by atoms with E-state index in [0.717, 1.165) is 0 Å². The smallest absolute Gasteiger partial charge is 0.306 e. The van der Waals surface area contributed by atoms with Crippen molar-refractivity contribution in [2.75, 3.05) is 23.7 Å². The maximum absolute atomic E-state index is 11.0. The average Bonchev–Trinajstić information content (AvgIpc) is 3.02. The first-order valence-corrected chi connectivity index (χ1v) is 6.79. The molecule has 3 rings (SSSR count). The van der Waals surface area contributed by atoms with Gasteiger partial charge in [-0.2, -0.15) is 0 Å². The predicted molar refractivity (Wildman–Crippen MR) is 76.7 cm³/mol. The molecule has 0 radical (unpaired) electrons. The molecule has 0 saturated carbocycles. The Kier molecular flexibility index (Phi) is 3.47. The van der Waals surface area contributed by atoms with Crippen molar-refractivity contribution in [1.29, 1.82) is 0 Å². The number of hydrogen-bond acceptors (Lipinski definition) is 6. The maximum Gasteiger partial charge on any atom is 0.306 e. The SMILES string of the molecule is Nc1ncc(-c2ccco2)nc1N1CCC(C(=O)O)CC1. The number of furan rings is 1. The van der Waals surface area contributed by atoms with Crippen LogP contribution in [0, 0.1) is 5.92 Å². The molecule has 0 spiro atoms. The summed E-state index contributed by atoms with van der Waals surface area (Å²) < 4.78 is 5.31. The van der Waals surface area contributed by atoms with Gasteiger partial charge in [-0.1, -0.05) is 0 Å². The van der Waals surface area contributed by atoms with Crippen molar-refractivity contribution in [1.82, 2.24) is 9.97 Å². The zero-order chi connectivity index (χ0) is 14.8. The molecule has 0 atom stereocenters. The Balaban J connectivity index is 1.82. The van der Waals surface area contributed by atoms with E-state index in [0.29, 0.717) is 49.0 Å². The fourth-order valence-electron chi connectivity index (χ4n) is 2.50. The lowest BCUT2D eigenvalue weighted by Crippen LogP contribution is -2.37. The van der Waals surface area contributed by atoms with E-state index < -0.39 is 5.97 Å². The van der Waals surface area contributed by atoms with Crippen LogP contribution in [0.5, 0.6) is 0 Å². The molecule has 2 aromatic rings. The summed E-state index contributed by atoms with van der Waals surface area (Å²) in [5.41, 5.74) is 6.52. The second-order valence-corrected chi connectivity index (χ2v) is 5.04. The Labute approximate surface area is 121 Å². The molecule has 0 amide bonds. The highest BCUT2D eigenvalue weighted by atomic mass is 16.4. The molecule has 1 saturated heterocycles. The van der Waals surface area contributed by atoms with Gasteiger partial charge in [-0.05, 0) is 25.0 Å². The van der Waals surface area contributed by atoms with E-state index in [4.69, 9.17) is 15.3 Å². The van der Waals surface area contributed by atoms with Crippen LogP contribution >= 0.6 is 0 Å². The third-order valence-electron chi connectivity index (χ3n) is 3.70. The monoisotopic (exact) mass is 288 g/mol. The molecule has 2 aromatic heterocycles. The van der Waals surface area contributed by atoms with Gasteiger partial charge in [-0.25, -0.2) is 9.97 Å². The van der Waals surface area contributed by atoms with Crippen LogP contribution in [0.1, 0.15) is 12.8 Å². The molecule has 7 heteroatoms. The number of nitrogens with zero attached hydrogens (tertiary/aromatic N) is 3. The molecule has 1 aliphatic heterocycles. The standard InChI is InChI=1S/C14H16N4O3/c15-12-13(18-5-3-9(4-6-18)14(19)20)17-10(8-16-12)11-2-1-7-21-11/h1-2,7-9H,3-6H2,(H2,15,16)(H,19,20). The lowest BCUT2D eigenvalue weighted by molar-refractivity contribution is -0.142. The van der Waals surface area contributed by atoms with E-state index in [-0.39, 0.29) is 5.92 Å². The topological polar surface area (TPSA) is 105 Å².